The summed E-state index contributed by atoms with van der Waals surface area (Å²) in [5.74, 6) is 0.132. The Morgan fingerprint density at radius 1 is 1.30 bits per heavy atom. The number of aromatic nitrogens is 3. The van der Waals surface area contributed by atoms with Gasteiger partial charge in [0.25, 0.3) is 0 Å². The minimum absolute atomic E-state index is 0.132. The molecule has 0 aromatic carbocycles. The fourth-order valence-electron chi connectivity index (χ4n) is 2.38. The second-order valence-electron chi connectivity index (χ2n) is 4.79. The first-order valence-electron chi connectivity index (χ1n) is 6.68. The summed E-state index contributed by atoms with van der Waals surface area (Å²) in [7, 11) is 0. The van der Waals surface area contributed by atoms with Crippen LogP contribution in [0, 0.1) is 0 Å². The van der Waals surface area contributed by atoms with Crippen LogP contribution in [0.1, 0.15) is 13.0 Å². The summed E-state index contributed by atoms with van der Waals surface area (Å²) in [5.41, 5.74) is 0. The van der Waals surface area contributed by atoms with Gasteiger partial charge < -0.3 is 9.80 Å². The predicted molar refractivity (Wildman–Crippen MR) is 77.8 cm³/mol. The van der Waals surface area contributed by atoms with Gasteiger partial charge in [0.2, 0.25) is 5.91 Å². The van der Waals surface area contributed by atoms with Crippen molar-refractivity contribution in [2.75, 3.05) is 31.1 Å². The quantitative estimate of drug-likeness (QED) is 0.854. The zero-order valence-electron chi connectivity index (χ0n) is 11.3. The Bertz CT molecular complexity index is 545. The summed E-state index contributed by atoms with van der Waals surface area (Å²) >= 11 is 1.64. The molecule has 3 heterocycles. The van der Waals surface area contributed by atoms with E-state index in [0.717, 1.165) is 31.3 Å². The predicted octanol–water partition coefficient (Wildman–Crippen LogP) is 1.25. The van der Waals surface area contributed by atoms with Crippen LogP contribution in [0.25, 0.3) is 0 Å². The van der Waals surface area contributed by atoms with Crippen LogP contribution >= 0.6 is 11.3 Å². The monoisotopic (exact) mass is 291 g/mol. The molecule has 0 saturated carbocycles. The minimum Gasteiger partial charge on any atom is -0.345 e. The highest BCUT2D eigenvalue weighted by atomic mass is 32.1. The molecule has 0 bridgehead atoms. The average Bonchev–Trinajstić information content (AvgIpc) is 3.18. The van der Waals surface area contributed by atoms with Crippen molar-refractivity contribution in [3.05, 3.63) is 30.0 Å². The Kier molecular flexibility index (Phi) is 3.68. The molecule has 3 rings (SSSR count). The van der Waals surface area contributed by atoms with E-state index in [-0.39, 0.29) is 11.9 Å². The van der Waals surface area contributed by atoms with Crippen molar-refractivity contribution in [1.29, 1.82) is 0 Å². The van der Waals surface area contributed by atoms with E-state index in [1.807, 2.05) is 35.7 Å². The zero-order chi connectivity index (χ0) is 13.9. The number of carbonyl (C=O) groups excluding carboxylic acids is 1. The smallest absolute Gasteiger partial charge is 0.247 e. The molecule has 0 N–H and O–H groups in total. The SMILES string of the molecule is C[C@H](C(=O)N1CCN(c2nccs2)CC1)n1cccn1. The van der Waals surface area contributed by atoms with Gasteiger partial charge in [0, 0.05) is 50.1 Å². The van der Waals surface area contributed by atoms with Crippen molar-refractivity contribution in [2.45, 2.75) is 13.0 Å². The van der Waals surface area contributed by atoms with Gasteiger partial charge in [-0.3, -0.25) is 9.48 Å². The summed E-state index contributed by atoms with van der Waals surface area (Å²) in [6.45, 7) is 5.05. The van der Waals surface area contributed by atoms with Gasteiger partial charge >= 0.3 is 0 Å². The molecule has 1 saturated heterocycles. The number of hydrogen-bond acceptors (Lipinski definition) is 5. The highest BCUT2D eigenvalue weighted by molar-refractivity contribution is 7.13. The van der Waals surface area contributed by atoms with Crippen LogP contribution in [0.4, 0.5) is 5.13 Å². The molecule has 2 aromatic heterocycles. The number of thiazole rings is 1. The van der Waals surface area contributed by atoms with Crippen LogP contribution in [0.15, 0.2) is 30.0 Å². The largest absolute Gasteiger partial charge is 0.345 e. The summed E-state index contributed by atoms with van der Waals surface area (Å²) < 4.78 is 1.70. The van der Waals surface area contributed by atoms with Gasteiger partial charge in [-0.05, 0) is 13.0 Å². The first-order valence-corrected chi connectivity index (χ1v) is 7.56. The van der Waals surface area contributed by atoms with E-state index < -0.39 is 0 Å². The van der Waals surface area contributed by atoms with E-state index >= 15 is 0 Å². The van der Waals surface area contributed by atoms with Crippen molar-refractivity contribution < 1.29 is 4.79 Å². The Hall–Kier alpha value is -1.89. The maximum atomic E-state index is 12.4. The number of carbonyl (C=O) groups is 1. The maximum absolute atomic E-state index is 12.4. The Labute approximate surface area is 121 Å². The molecular weight excluding hydrogens is 274 g/mol. The van der Waals surface area contributed by atoms with E-state index in [0.29, 0.717) is 0 Å². The minimum atomic E-state index is -0.239. The van der Waals surface area contributed by atoms with Crippen molar-refractivity contribution in [3.8, 4) is 0 Å². The second-order valence-corrected chi connectivity index (χ2v) is 5.66. The van der Waals surface area contributed by atoms with E-state index in [1.165, 1.54) is 0 Å². The van der Waals surface area contributed by atoms with E-state index in [1.54, 1.807) is 22.2 Å². The Morgan fingerprint density at radius 2 is 2.10 bits per heavy atom. The molecule has 1 amide bonds. The lowest BCUT2D eigenvalue weighted by atomic mass is 10.2. The summed E-state index contributed by atoms with van der Waals surface area (Å²) in [4.78, 5) is 20.9. The zero-order valence-corrected chi connectivity index (χ0v) is 12.2. The molecular formula is C13H17N5OS. The molecule has 2 aromatic rings. The van der Waals surface area contributed by atoms with E-state index in [4.69, 9.17) is 0 Å². The van der Waals surface area contributed by atoms with Crippen LogP contribution in [0.2, 0.25) is 0 Å². The van der Waals surface area contributed by atoms with Crippen LogP contribution in [0.3, 0.4) is 0 Å². The summed E-state index contributed by atoms with van der Waals surface area (Å²) in [6, 6.07) is 1.60. The standard InChI is InChI=1S/C13H17N5OS/c1-11(18-5-2-3-15-18)12(19)16-6-8-17(9-7-16)13-14-4-10-20-13/h2-5,10-11H,6-9H2,1H3/t11-/m1/s1. The fraction of sp³-hybridized carbons (Fsp3) is 0.462. The molecule has 0 unspecified atom stereocenters. The van der Waals surface area contributed by atoms with Crippen molar-refractivity contribution in [1.82, 2.24) is 19.7 Å². The molecule has 20 heavy (non-hydrogen) atoms. The van der Waals surface area contributed by atoms with Crippen LogP contribution in [0.5, 0.6) is 0 Å². The van der Waals surface area contributed by atoms with Gasteiger partial charge in [0.05, 0.1) is 0 Å². The van der Waals surface area contributed by atoms with Crippen LogP contribution < -0.4 is 4.90 Å². The first kappa shape index (κ1) is 13.1. The lowest BCUT2D eigenvalue weighted by Gasteiger charge is -2.35. The van der Waals surface area contributed by atoms with Gasteiger partial charge in [-0.15, -0.1) is 11.3 Å². The number of anilines is 1. The fourth-order valence-corrected chi connectivity index (χ4v) is 3.07. The molecule has 7 heteroatoms. The maximum Gasteiger partial charge on any atom is 0.247 e. The van der Waals surface area contributed by atoms with Crippen LogP contribution in [-0.2, 0) is 4.79 Å². The number of hydrogen-bond donors (Lipinski definition) is 0. The topological polar surface area (TPSA) is 54.3 Å². The third-order valence-corrected chi connectivity index (χ3v) is 4.39. The third-order valence-electron chi connectivity index (χ3n) is 3.56. The number of nitrogens with zero attached hydrogens (tertiary/aromatic N) is 5. The average molecular weight is 291 g/mol. The highest BCUT2D eigenvalue weighted by Crippen LogP contribution is 2.20. The lowest BCUT2D eigenvalue weighted by Crippen LogP contribution is -2.50. The number of rotatable bonds is 3. The molecule has 1 atom stereocenters. The molecule has 0 spiro atoms. The number of piperazine rings is 1. The second kappa shape index (κ2) is 5.62. The Morgan fingerprint density at radius 3 is 2.70 bits per heavy atom. The first-order chi connectivity index (χ1) is 9.75. The van der Waals surface area contributed by atoms with Gasteiger partial charge in [-0.2, -0.15) is 5.10 Å². The van der Waals surface area contributed by atoms with Gasteiger partial charge in [-0.1, -0.05) is 0 Å². The Balaban J connectivity index is 1.59. The van der Waals surface area contributed by atoms with Crippen molar-refractivity contribution >= 4 is 22.4 Å². The molecule has 0 radical (unpaired) electrons. The van der Waals surface area contributed by atoms with Gasteiger partial charge in [-0.25, -0.2) is 4.98 Å². The van der Waals surface area contributed by atoms with E-state index in [9.17, 15) is 4.79 Å². The number of amides is 1. The molecule has 6 nitrogen and oxygen atoms in total. The van der Waals surface area contributed by atoms with E-state index in [2.05, 4.69) is 15.0 Å². The summed E-state index contributed by atoms with van der Waals surface area (Å²) in [5, 5.41) is 7.16. The van der Waals surface area contributed by atoms with Crippen molar-refractivity contribution in [3.63, 3.8) is 0 Å². The van der Waals surface area contributed by atoms with Crippen molar-refractivity contribution in [2.24, 2.45) is 0 Å². The molecule has 106 valence electrons. The normalized spacial score (nSPS) is 17.2. The van der Waals surface area contributed by atoms with Gasteiger partial charge in [0.15, 0.2) is 5.13 Å². The molecule has 1 fully saturated rings. The lowest BCUT2D eigenvalue weighted by molar-refractivity contribution is -0.134. The highest BCUT2D eigenvalue weighted by Gasteiger charge is 2.26. The third kappa shape index (κ3) is 2.53. The van der Waals surface area contributed by atoms with Gasteiger partial charge in [0.1, 0.15) is 6.04 Å². The van der Waals surface area contributed by atoms with Crippen LogP contribution in [-0.4, -0.2) is 51.8 Å². The molecule has 1 aliphatic rings. The molecule has 0 aliphatic carbocycles. The summed E-state index contributed by atoms with van der Waals surface area (Å²) in [6.07, 6.45) is 5.34. The molecule has 1 aliphatic heterocycles.